The molecule has 4 heteroatoms. The van der Waals surface area contributed by atoms with Gasteiger partial charge in [0.1, 0.15) is 0 Å². The Morgan fingerprint density at radius 3 is 2.41 bits per heavy atom. The predicted molar refractivity (Wildman–Crippen MR) is 98.7 cm³/mol. The van der Waals surface area contributed by atoms with Crippen molar-refractivity contribution in [1.29, 1.82) is 0 Å². The van der Waals surface area contributed by atoms with Gasteiger partial charge < -0.3 is 0 Å². The number of hydrogen-bond donors (Lipinski definition) is 1. The van der Waals surface area contributed by atoms with Crippen molar-refractivity contribution in [3.63, 3.8) is 0 Å². The number of nitrogens with one attached hydrogen (secondary N) is 1. The minimum absolute atomic E-state index is 0.0719. The second-order valence-corrected chi connectivity index (χ2v) is 11.3. The number of fused-ring (bicyclic) bond motifs is 2. The molecule has 2 rings (SSSR count). The molecule has 2 fully saturated rings. The molecule has 2 bridgehead atoms. The fourth-order valence-corrected chi connectivity index (χ4v) is 9.04. The first-order valence-corrected chi connectivity index (χ1v) is 11.0. The maximum absolute atomic E-state index is 13.1. The van der Waals surface area contributed by atoms with Crippen LogP contribution in [0.15, 0.2) is 0 Å². The Kier molecular flexibility index (Phi) is 5.47. The second kappa shape index (κ2) is 6.53. The summed E-state index contributed by atoms with van der Waals surface area (Å²) in [6.07, 6.45) is 4.57. The Morgan fingerprint density at radius 1 is 1.36 bits per heavy atom. The Balaban J connectivity index is 2.16. The fraction of sp³-hybridized carbons (Fsp3) is 0.889. The van der Waals surface area contributed by atoms with Gasteiger partial charge >= 0.3 is 148 Å². The van der Waals surface area contributed by atoms with Crippen LogP contribution in [-0.4, -0.2) is 31.8 Å². The van der Waals surface area contributed by atoms with E-state index in [1.165, 1.54) is 6.42 Å². The third-order valence-corrected chi connectivity index (χ3v) is 10.5. The summed E-state index contributed by atoms with van der Waals surface area (Å²) < 4.78 is 0. The van der Waals surface area contributed by atoms with Crippen molar-refractivity contribution in [3.05, 3.63) is 0 Å². The molecule has 0 spiro atoms. The Morgan fingerprint density at radius 2 is 2.00 bits per heavy atom. The quantitative estimate of drug-likeness (QED) is 0.540. The molecule has 0 unspecified atom stereocenters. The standard InChI is InChI=1S/C18H31NOSSe/c1-7-13(19-11(3)21)14(8-2)22-15-12-9-10-18(6,16(15)20)17(12,4)5/h12-15H,7-10H2,1-6H3,(H,19,21)/t12-,13+,14-,15+,18+/m1/s1. The summed E-state index contributed by atoms with van der Waals surface area (Å²) in [4.78, 5) is 14.9. The van der Waals surface area contributed by atoms with Crippen LogP contribution in [0, 0.1) is 16.7 Å². The van der Waals surface area contributed by atoms with Gasteiger partial charge in [0.15, 0.2) is 0 Å². The molecule has 0 heterocycles. The van der Waals surface area contributed by atoms with Gasteiger partial charge in [0.05, 0.1) is 0 Å². The van der Waals surface area contributed by atoms with Crippen molar-refractivity contribution in [2.45, 2.75) is 82.9 Å². The van der Waals surface area contributed by atoms with Crippen molar-refractivity contribution in [2.24, 2.45) is 16.7 Å². The predicted octanol–water partition coefficient (Wildman–Crippen LogP) is 4.42. The van der Waals surface area contributed by atoms with E-state index in [1.54, 1.807) is 0 Å². The summed E-state index contributed by atoms with van der Waals surface area (Å²) in [6.45, 7) is 13.3. The van der Waals surface area contributed by atoms with E-state index >= 15 is 0 Å². The number of ketones is 1. The molecule has 2 aliphatic rings. The van der Waals surface area contributed by atoms with Crippen molar-refractivity contribution in [2.75, 3.05) is 0 Å². The van der Waals surface area contributed by atoms with E-state index in [-0.39, 0.29) is 10.8 Å². The number of Topliss-reactive ketones (excluding diaryl/α,β-unsaturated/α-hetero) is 1. The van der Waals surface area contributed by atoms with Crippen molar-refractivity contribution in [3.8, 4) is 0 Å². The summed E-state index contributed by atoms with van der Waals surface area (Å²) in [7, 11) is 0. The van der Waals surface area contributed by atoms with Crippen LogP contribution in [0.1, 0.15) is 67.2 Å². The molecule has 2 nitrogen and oxygen atoms in total. The first kappa shape index (κ1) is 18.4. The number of carbonyl (C=O) groups is 1. The molecule has 0 amide bonds. The Bertz CT molecular complexity index is 464. The maximum atomic E-state index is 13.1. The summed E-state index contributed by atoms with van der Waals surface area (Å²) in [5.74, 6) is 1.17. The molecule has 5 atom stereocenters. The Hall–Kier alpha value is 0.0795. The summed E-state index contributed by atoms with van der Waals surface area (Å²) in [5.41, 5.74) is 0.113. The van der Waals surface area contributed by atoms with Crippen LogP contribution in [0.4, 0.5) is 0 Å². The number of thiocarbonyl (C=S) groups is 1. The molecular weight excluding hydrogens is 357 g/mol. The van der Waals surface area contributed by atoms with Gasteiger partial charge in [0, 0.05) is 0 Å². The second-order valence-electron chi connectivity index (χ2n) is 7.78. The van der Waals surface area contributed by atoms with Gasteiger partial charge in [-0.05, 0) is 0 Å². The molecular formula is C18H31NOSSe. The van der Waals surface area contributed by atoms with Gasteiger partial charge in [-0.3, -0.25) is 0 Å². The topological polar surface area (TPSA) is 29.1 Å². The van der Waals surface area contributed by atoms with Gasteiger partial charge in [-0.25, -0.2) is 0 Å². The first-order valence-electron chi connectivity index (χ1n) is 8.65. The average Bonchev–Trinajstić information content (AvgIpc) is 2.75. The van der Waals surface area contributed by atoms with Crippen LogP contribution in [0.25, 0.3) is 0 Å². The number of rotatable bonds is 6. The SMILES string of the molecule is CC[C@H](NC(C)=S)[C@@H](CC)[Se][C@@H]1C(=O)[C@]2(C)CC[C@H]1C2(C)C. The molecule has 0 saturated heterocycles. The van der Waals surface area contributed by atoms with Crippen molar-refractivity contribution < 1.29 is 4.79 Å². The minimum atomic E-state index is -0.0719. The van der Waals surface area contributed by atoms with E-state index in [0.29, 0.717) is 42.3 Å². The molecule has 2 aliphatic carbocycles. The van der Waals surface area contributed by atoms with Crippen LogP contribution >= 0.6 is 12.2 Å². The van der Waals surface area contributed by atoms with Crippen LogP contribution in [0.2, 0.25) is 9.63 Å². The number of hydrogen-bond acceptors (Lipinski definition) is 2. The van der Waals surface area contributed by atoms with E-state index in [0.717, 1.165) is 24.3 Å². The molecule has 0 aliphatic heterocycles. The van der Waals surface area contributed by atoms with Crippen LogP contribution in [0.3, 0.4) is 0 Å². The average molecular weight is 388 g/mol. The number of carbonyl (C=O) groups excluding carboxylic acids is 1. The van der Waals surface area contributed by atoms with Gasteiger partial charge in [0.2, 0.25) is 0 Å². The zero-order valence-electron chi connectivity index (χ0n) is 14.9. The van der Waals surface area contributed by atoms with E-state index in [4.69, 9.17) is 12.2 Å². The third kappa shape index (κ3) is 2.80. The van der Waals surface area contributed by atoms with Gasteiger partial charge in [-0.2, -0.15) is 0 Å². The molecule has 0 aromatic rings. The van der Waals surface area contributed by atoms with Crippen molar-refractivity contribution in [1.82, 2.24) is 5.32 Å². The van der Waals surface area contributed by atoms with E-state index in [1.807, 2.05) is 6.92 Å². The van der Waals surface area contributed by atoms with E-state index in [2.05, 4.69) is 39.9 Å². The third-order valence-electron chi connectivity index (χ3n) is 6.47. The molecule has 2 saturated carbocycles. The Labute approximate surface area is 147 Å². The summed E-state index contributed by atoms with van der Waals surface area (Å²) in [6, 6.07) is 0.436. The first-order chi connectivity index (χ1) is 10.2. The summed E-state index contributed by atoms with van der Waals surface area (Å²) >= 11 is 5.61. The molecule has 0 aromatic heterocycles. The van der Waals surface area contributed by atoms with E-state index in [9.17, 15) is 4.79 Å². The van der Waals surface area contributed by atoms with Crippen molar-refractivity contribution >= 4 is 37.9 Å². The van der Waals surface area contributed by atoms with Crippen LogP contribution in [0.5, 0.6) is 0 Å². The zero-order chi connectivity index (χ0) is 16.7. The molecule has 22 heavy (non-hydrogen) atoms. The van der Waals surface area contributed by atoms with Crippen LogP contribution in [-0.2, 0) is 4.79 Å². The van der Waals surface area contributed by atoms with E-state index < -0.39 is 0 Å². The fourth-order valence-electron chi connectivity index (χ4n) is 4.54. The molecule has 1 N–H and O–H groups in total. The molecule has 0 radical (unpaired) electrons. The monoisotopic (exact) mass is 389 g/mol. The van der Waals surface area contributed by atoms with Gasteiger partial charge in [0.25, 0.3) is 0 Å². The molecule has 126 valence electrons. The van der Waals surface area contributed by atoms with Crippen LogP contribution < -0.4 is 5.32 Å². The summed E-state index contributed by atoms with van der Waals surface area (Å²) in [5, 5.41) is 3.48. The van der Waals surface area contributed by atoms with Gasteiger partial charge in [-0.15, -0.1) is 0 Å². The molecule has 0 aromatic carbocycles. The van der Waals surface area contributed by atoms with Gasteiger partial charge in [-0.1, -0.05) is 0 Å². The normalized spacial score (nSPS) is 35.5. The zero-order valence-corrected chi connectivity index (χ0v) is 17.4.